The molecule has 1 aromatic heterocycles. The normalized spacial score (nSPS) is 11.3. The Kier molecular flexibility index (Phi) is 4.21. The Morgan fingerprint density at radius 3 is 2.71 bits per heavy atom. The molecule has 8 nitrogen and oxygen atoms in total. The van der Waals surface area contributed by atoms with Crippen LogP contribution in [0.5, 0.6) is 0 Å². The zero-order valence-electron chi connectivity index (χ0n) is 10.9. The van der Waals surface area contributed by atoms with Crippen LogP contribution >= 0.6 is 11.3 Å². The van der Waals surface area contributed by atoms with Crippen molar-refractivity contribution in [1.82, 2.24) is 4.98 Å². The molecule has 0 saturated heterocycles. The van der Waals surface area contributed by atoms with Gasteiger partial charge in [-0.05, 0) is 13.0 Å². The molecule has 0 unspecified atom stereocenters. The second-order valence-corrected chi connectivity index (χ2v) is 6.67. The van der Waals surface area contributed by atoms with Crippen LogP contribution in [0.2, 0.25) is 0 Å². The summed E-state index contributed by atoms with van der Waals surface area (Å²) in [6.45, 7) is 2.20. The van der Waals surface area contributed by atoms with Gasteiger partial charge in [0, 0.05) is 17.0 Å². The summed E-state index contributed by atoms with van der Waals surface area (Å²) >= 11 is 1.43. The quantitative estimate of drug-likeness (QED) is 0.634. The Bertz CT molecular complexity index is 785. The van der Waals surface area contributed by atoms with E-state index in [0.717, 1.165) is 16.6 Å². The number of thiazole rings is 1. The van der Waals surface area contributed by atoms with Gasteiger partial charge >= 0.3 is 0 Å². The molecule has 2 rings (SSSR count). The molecule has 0 fully saturated rings. The number of benzene rings is 1. The molecule has 0 saturated carbocycles. The zero-order chi connectivity index (χ0) is 15.6. The van der Waals surface area contributed by atoms with Gasteiger partial charge in [0.2, 0.25) is 10.0 Å². The van der Waals surface area contributed by atoms with Crippen LogP contribution in [0.3, 0.4) is 0 Å². The Hall–Kier alpha value is -2.04. The highest BCUT2D eigenvalue weighted by atomic mass is 32.2. The monoisotopic (exact) mass is 328 g/mol. The molecule has 0 bridgehead atoms. The number of hydrogen-bond donors (Lipinski definition) is 2. The minimum Gasteiger partial charge on any atom is -0.379 e. The van der Waals surface area contributed by atoms with Crippen LogP contribution in [0.4, 0.5) is 11.4 Å². The number of rotatable bonds is 5. The van der Waals surface area contributed by atoms with Gasteiger partial charge in [-0.2, -0.15) is 0 Å². The number of nitrogens with one attached hydrogen (secondary N) is 1. The third-order valence-corrected chi connectivity index (χ3v) is 4.65. The van der Waals surface area contributed by atoms with Crippen molar-refractivity contribution in [2.24, 2.45) is 5.14 Å². The lowest BCUT2D eigenvalue weighted by atomic mass is 10.2. The number of nitro groups is 1. The van der Waals surface area contributed by atoms with Crippen LogP contribution in [0.15, 0.2) is 28.6 Å². The molecule has 112 valence electrons. The standard InChI is InChI=1S/C11H12N4O4S2/c1-7-10(20-6-14-7)5-13-9-3-2-8(15(16)17)4-11(9)21(12,18)19/h2-4,6,13H,5H2,1H3,(H2,12,18,19). The molecular formula is C11H12N4O4S2. The molecule has 1 aromatic carbocycles. The number of aromatic nitrogens is 1. The van der Waals surface area contributed by atoms with E-state index in [-0.39, 0.29) is 16.3 Å². The van der Waals surface area contributed by atoms with Crippen LogP contribution in [-0.4, -0.2) is 18.3 Å². The molecule has 0 radical (unpaired) electrons. The van der Waals surface area contributed by atoms with E-state index < -0.39 is 14.9 Å². The summed E-state index contributed by atoms with van der Waals surface area (Å²) in [6.07, 6.45) is 0. The molecular weight excluding hydrogens is 316 g/mol. The number of primary sulfonamides is 1. The number of sulfonamides is 1. The number of nitrogens with two attached hydrogens (primary N) is 1. The molecule has 1 heterocycles. The third-order valence-electron chi connectivity index (χ3n) is 2.77. The second kappa shape index (κ2) is 5.76. The van der Waals surface area contributed by atoms with Gasteiger partial charge in [-0.1, -0.05) is 0 Å². The Morgan fingerprint density at radius 2 is 2.19 bits per heavy atom. The van der Waals surface area contributed by atoms with Gasteiger partial charge in [-0.25, -0.2) is 18.5 Å². The summed E-state index contributed by atoms with van der Waals surface area (Å²) in [4.78, 5) is 14.8. The molecule has 10 heteroatoms. The number of anilines is 1. The van der Waals surface area contributed by atoms with Gasteiger partial charge in [0.25, 0.3) is 5.69 Å². The van der Waals surface area contributed by atoms with Gasteiger partial charge in [0.15, 0.2) is 0 Å². The van der Waals surface area contributed by atoms with Gasteiger partial charge in [-0.15, -0.1) is 11.3 Å². The molecule has 0 spiro atoms. The summed E-state index contributed by atoms with van der Waals surface area (Å²) < 4.78 is 23.1. The van der Waals surface area contributed by atoms with Crippen molar-refractivity contribution in [3.8, 4) is 0 Å². The maximum Gasteiger partial charge on any atom is 0.270 e. The molecule has 0 aliphatic carbocycles. The highest BCUT2D eigenvalue weighted by Crippen LogP contribution is 2.26. The highest BCUT2D eigenvalue weighted by molar-refractivity contribution is 7.89. The molecule has 2 aromatic rings. The van der Waals surface area contributed by atoms with E-state index >= 15 is 0 Å². The fourth-order valence-corrected chi connectivity index (χ4v) is 3.13. The van der Waals surface area contributed by atoms with E-state index in [9.17, 15) is 18.5 Å². The summed E-state index contributed by atoms with van der Waals surface area (Å²) in [6, 6.07) is 3.49. The maximum absolute atomic E-state index is 11.6. The van der Waals surface area contributed by atoms with Crippen LogP contribution in [0, 0.1) is 17.0 Å². The fraction of sp³-hybridized carbons (Fsp3) is 0.182. The summed E-state index contributed by atoms with van der Waals surface area (Å²) in [5, 5.41) is 18.7. The molecule has 0 aliphatic rings. The first kappa shape index (κ1) is 15.4. The lowest BCUT2D eigenvalue weighted by Gasteiger charge is -2.10. The third kappa shape index (κ3) is 3.54. The van der Waals surface area contributed by atoms with Crippen molar-refractivity contribution in [2.45, 2.75) is 18.4 Å². The Labute approximate surface area is 124 Å². The average molecular weight is 328 g/mol. The van der Waals surface area contributed by atoms with Crippen LogP contribution in [0.1, 0.15) is 10.6 Å². The summed E-state index contributed by atoms with van der Waals surface area (Å²) in [7, 11) is -4.07. The number of nitrogens with zero attached hydrogens (tertiary/aromatic N) is 2. The number of aryl methyl sites for hydroxylation is 1. The van der Waals surface area contributed by atoms with Gasteiger partial charge < -0.3 is 5.32 Å². The minimum absolute atomic E-state index is 0.218. The zero-order valence-corrected chi connectivity index (χ0v) is 12.6. The van der Waals surface area contributed by atoms with E-state index in [1.807, 2.05) is 6.92 Å². The largest absolute Gasteiger partial charge is 0.379 e. The molecule has 0 amide bonds. The lowest BCUT2D eigenvalue weighted by Crippen LogP contribution is -2.15. The van der Waals surface area contributed by atoms with Gasteiger partial charge in [0.05, 0.1) is 28.4 Å². The molecule has 21 heavy (non-hydrogen) atoms. The predicted octanol–water partition coefficient (Wildman–Crippen LogP) is 1.62. The Morgan fingerprint density at radius 1 is 1.48 bits per heavy atom. The number of hydrogen-bond acceptors (Lipinski definition) is 7. The first-order chi connectivity index (χ1) is 9.79. The predicted molar refractivity (Wildman–Crippen MR) is 78.6 cm³/mol. The fourth-order valence-electron chi connectivity index (χ4n) is 1.68. The molecule has 3 N–H and O–H groups in total. The SMILES string of the molecule is Cc1ncsc1CNc1ccc([N+](=O)[O-])cc1S(N)(=O)=O. The van der Waals surface area contributed by atoms with E-state index in [1.54, 1.807) is 5.51 Å². The topological polar surface area (TPSA) is 128 Å². The van der Waals surface area contributed by atoms with Crippen molar-refractivity contribution in [3.05, 3.63) is 44.4 Å². The van der Waals surface area contributed by atoms with E-state index in [0.29, 0.717) is 6.54 Å². The van der Waals surface area contributed by atoms with Crippen molar-refractivity contribution in [2.75, 3.05) is 5.32 Å². The molecule has 0 atom stereocenters. The summed E-state index contributed by atoms with van der Waals surface area (Å²) in [5.74, 6) is 0. The number of nitro benzene ring substituents is 1. The first-order valence-corrected chi connectivity index (χ1v) is 8.15. The van der Waals surface area contributed by atoms with Crippen molar-refractivity contribution in [1.29, 1.82) is 0 Å². The van der Waals surface area contributed by atoms with E-state index in [2.05, 4.69) is 10.3 Å². The Balaban J connectivity index is 2.35. The lowest BCUT2D eigenvalue weighted by molar-refractivity contribution is -0.385. The molecule has 0 aliphatic heterocycles. The van der Waals surface area contributed by atoms with Crippen LogP contribution in [0.25, 0.3) is 0 Å². The van der Waals surface area contributed by atoms with Crippen molar-refractivity contribution in [3.63, 3.8) is 0 Å². The second-order valence-electron chi connectivity index (χ2n) is 4.20. The highest BCUT2D eigenvalue weighted by Gasteiger charge is 2.19. The van der Waals surface area contributed by atoms with Gasteiger partial charge in [0.1, 0.15) is 4.90 Å². The van der Waals surface area contributed by atoms with Crippen LogP contribution < -0.4 is 10.5 Å². The van der Waals surface area contributed by atoms with E-state index in [4.69, 9.17) is 5.14 Å². The maximum atomic E-state index is 11.6. The van der Waals surface area contributed by atoms with Crippen molar-refractivity contribution < 1.29 is 13.3 Å². The minimum atomic E-state index is -4.07. The van der Waals surface area contributed by atoms with Crippen LogP contribution in [-0.2, 0) is 16.6 Å². The van der Waals surface area contributed by atoms with Crippen molar-refractivity contribution >= 4 is 32.7 Å². The van der Waals surface area contributed by atoms with Gasteiger partial charge in [-0.3, -0.25) is 10.1 Å². The first-order valence-electron chi connectivity index (χ1n) is 5.73. The average Bonchev–Trinajstić information content (AvgIpc) is 2.80. The summed E-state index contributed by atoms with van der Waals surface area (Å²) in [5.41, 5.74) is 2.41. The number of non-ortho nitro benzene ring substituents is 1. The van der Waals surface area contributed by atoms with E-state index in [1.165, 1.54) is 23.5 Å². The smallest absolute Gasteiger partial charge is 0.270 e.